The first kappa shape index (κ1) is 10.5. The molecule has 0 saturated carbocycles. The number of rotatable bonds is 0. The zero-order chi connectivity index (χ0) is 8.91. The van der Waals surface area contributed by atoms with Gasteiger partial charge < -0.3 is 4.55 Å². The van der Waals surface area contributed by atoms with Gasteiger partial charge in [0.15, 0.2) is 6.20 Å². The molecule has 0 radical (unpaired) electrons. The van der Waals surface area contributed by atoms with Crippen LogP contribution >= 0.6 is 11.3 Å². The van der Waals surface area contributed by atoms with Crippen LogP contribution in [0.5, 0.6) is 0 Å². The molecular weight excluding hydrogens is 190 g/mol. The van der Waals surface area contributed by atoms with E-state index in [1.165, 1.54) is 0 Å². The minimum absolute atomic E-state index is 1.70. The summed E-state index contributed by atoms with van der Waals surface area (Å²) in [4.78, 5) is 0. The summed E-state index contributed by atoms with van der Waals surface area (Å²) in [5.74, 6) is 0. The van der Waals surface area contributed by atoms with E-state index in [2.05, 4.69) is 0 Å². The van der Waals surface area contributed by atoms with Crippen molar-refractivity contribution in [3.63, 3.8) is 0 Å². The van der Waals surface area contributed by atoms with E-state index in [-0.39, 0.29) is 0 Å². The molecule has 1 aromatic rings. The van der Waals surface area contributed by atoms with Crippen LogP contribution in [0.25, 0.3) is 0 Å². The molecule has 0 aliphatic heterocycles. The van der Waals surface area contributed by atoms with Crippen LogP contribution in [-0.4, -0.2) is 17.5 Å². The standard InChI is InChI=1S/C4H6NS.H2O4S/c1-5-2-3-6-4-5;1-5(2,3)4/h2-4H,1H3;(H2,1,2,3,4)/q+1;/p-1. The summed E-state index contributed by atoms with van der Waals surface area (Å²) >= 11 is 1.70. The maximum absolute atomic E-state index is 8.63. The van der Waals surface area contributed by atoms with Crippen molar-refractivity contribution in [3.8, 4) is 0 Å². The Morgan fingerprint density at radius 2 is 2.09 bits per heavy atom. The number of aromatic nitrogens is 1. The van der Waals surface area contributed by atoms with E-state index >= 15 is 0 Å². The molecular formula is C4H7NO4S2. The number of hydrogen-bond acceptors (Lipinski definition) is 4. The van der Waals surface area contributed by atoms with Gasteiger partial charge in [-0.1, -0.05) is 11.3 Å². The highest BCUT2D eigenvalue weighted by Gasteiger charge is 1.81. The number of aryl methyl sites for hydroxylation is 1. The maximum Gasteiger partial charge on any atom is 0.224 e. The van der Waals surface area contributed by atoms with Crippen LogP contribution in [0.2, 0.25) is 0 Å². The monoisotopic (exact) mass is 197 g/mol. The van der Waals surface area contributed by atoms with Gasteiger partial charge in [0.2, 0.25) is 15.9 Å². The van der Waals surface area contributed by atoms with Crippen LogP contribution in [0.1, 0.15) is 0 Å². The Hall–Kier alpha value is -0.500. The van der Waals surface area contributed by atoms with Crippen molar-refractivity contribution in [1.82, 2.24) is 0 Å². The van der Waals surface area contributed by atoms with Gasteiger partial charge >= 0.3 is 0 Å². The summed E-state index contributed by atoms with van der Waals surface area (Å²) < 4.78 is 34.9. The van der Waals surface area contributed by atoms with Gasteiger partial charge in [0, 0.05) is 0 Å². The van der Waals surface area contributed by atoms with Crippen LogP contribution < -0.4 is 4.57 Å². The Balaban J connectivity index is 0.000000187. The second kappa shape index (κ2) is 4.39. The molecule has 0 aromatic carbocycles. The lowest BCUT2D eigenvalue weighted by molar-refractivity contribution is -0.666. The lowest BCUT2D eigenvalue weighted by Gasteiger charge is -1.88. The van der Waals surface area contributed by atoms with Crippen molar-refractivity contribution < 1.29 is 22.1 Å². The average Bonchev–Trinajstić information content (AvgIpc) is 2.12. The molecule has 0 aliphatic rings. The topological polar surface area (TPSA) is 81.3 Å². The van der Waals surface area contributed by atoms with Gasteiger partial charge in [-0.05, 0) is 0 Å². The van der Waals surface area contributed by atoms with E-state index in [4.69, 9.17) is 17.5 Å². The highest BCUT2D eigenvalue weighted by atomic mass is 32.3. The minimum Gasteiger partial charge on any atom is -0.726 e. The highest BCUT2D eigenvalue weighted by Crippen LogP contribution is 1.83. The van der Waals surface area contributed by atoms with E-state index in [0.717, 1.165) is 0 Å². The second-order valence-electron chi connectivity index (χ2n) is 1.62. The third-order valence-electron chi connectivity index (χ3n) is 0.602. The fourth-order valence-electron chi connectivity index (χ4n) is 0.297. The van der Waals surface area contributed by atoms with Crippen molar-refractivity contribution in [2.45, 2.75) is 0 Å². The second-order valence-corrected chi connectivity index (χ2v) is 3.23. The number of thiazole rings is 1. The van der Waals surface area contributed by atoms with Crippen LogP contribution in [0, 0.1) is 0 Å². The molecule has 0 spiro atoms. The predicted molar refractivity (Wildman–Crippen MR) is 37.8 cm³/mol. The molecule has 0 fully saturated rings. The number of nitrogens with zero attached hydrogens (tertiary/aromatic N) is 1. The normalized spacial score (nSPS) is 10.1. The van der Waals surface area contributed by atoms with Crippen LogP contribution in [0.4, 0.5) is 0 Å². The predicted octanol–water partition coefficient (Wildman–Crippen LogP) is -0.423. The average molecular weight is 197 g/mol. The Morgan fingerprint density at radius 1 is 1.64 bits per heavy atom. The van der Waals surface area contributed by atoms with Crippen molar-refractivity contribution >= 4 is 21.7 Å². The van der Waals surface area contributed by atoms with Crippen molar-refractivity contribution in [2.24, 2.45) is 7.05 Å². The molecule has 0 atom stereocenters. The number of hydrogen-bond donors (Lipinski definition) is 1. The minimum atomic E-state index is -4.92. The van der Waals surface area contributed by atoms with Gasteiger partial charge in [0.25, 0.3) is 0 Å². The van der Waals surface area contributed by atoms with E-state index in [1.807, 2.05) is 28.7 Å². The summed E-state index contributed by atoms with van der Waals surface area (Å²) in [6, 6.07) is 0. The van der Waals surface area contributed by atoms with E-state index in [0.29, 0.717) is 0 Å². The van der Waals surface area contributed by atoms with Crippen molar-refractivity contribution in [2.75, 3.05) is 0 Å². The van der Waals surface area contributed by atoms with Crippen LogP contribution in [0.3, 0.4) is 0 Å². The molecule has 64 valence electrons. The summed E-state index contributed by atoms with van der Waals surface area (Å²) in [6.07, 6.45) is 2.02. The molecule has 1 heterocycles. The molecule has 0 aliphatic carbocycles. The van der Waals surface area contributed by atoms with Crippen LogP contribution in [-0.2, 0) is 17.4 Å². The molecule has 1 N–H and O–H groups in total. The molecule has 0 unspecified atom stereocenters. The Morgan fingerprint density at radius 3 is 2.18 bits per heavy atom. The Labute approximate surface area is 68.5 Å². The first-order chi connectivity index (χ1) is 4.89. The summed E-state index contributed by atoms with van der Waals surface area (Å²) in [5, 5.41) is 2.04. The fourth-order valence-corrected chi connectivity index (χ4v) is 0.892. The van der Waals surface area contributed by atoms with E-state index < -0.39 is 10.4 Å². The van der Waals surface area contributed by atoms with E-state index in [9.17, 15) is 0 Å². The van der Waals surface area contributed by atoms with Gasteiger partial charge in [-0.25, -0.2) is 8.42 Å². The quantitative estimate of drug-likeness (QED) is 0.348. The highest BCUT2D eigenvalue weighted by molar-refractivity contribution is 7.79. The lowest BCUT2D eigenvalue weighted by Crippen LogP contribution is -2.21. The first-order valence-corrected chi connectivity index (χ1v) is 4.76. The van der Waals surface area contributed by atoms with E-state index in [1.54, 1.807) is 11.3 Å². The molecule has 1 aromatic heterocycles. The summed E-state index contributed by atoms with van der Waals surface area (Å²) in [7, 11) is -2.91. The maximum atomic E-state index is 8.63. The van der Waals surface area contributed by atoms with Gasteiger partial charge in [-0.2, -0.15) is 4.57 Å². The molecule has 0 saturated heterocycles. The Kier molecular flexibility index (Phi) is 4.19. The zero-order valence-corrected chi connectivity index (χ0v) is 7.30. The first-order valence-electron chi connectivity index (χ1n) is 2.45. The summed E-state index contributed by atoms with van der Waals surface area (Å²) in [6.45, 7) is 0. The van der Waals surface area contributed by atoms with Crippen molar-refractivity contribution in [3.05, 3.63) is 17.1 Å². The lowest BCUT2D eigenvalue weighted by atomic mass is 10.9. The van der Waals surface area contributed by atoms with Gasteiger partial charge in [0.05, 0.1) is 5.38 Å². The van der Waals surface area contributed by atoms with Crippen LogP contribution in [0.15, 0.2) is 17.1 Å². The third-order valence-corrected chi connectivity index (χ3v) is 1.33. The smallest absolute Gasteiger partial charge is 0.224 e. The van der Waals surface area contributed by atoms with Gasteiger partial charge in [-0.3, -0.25) is 4.55 Å². The van der Waals surface area contributed by atoms with Crippen molar-refractivity contribution in [1.29, 1.82) is 0 Å². The molecule has 1 rings (SSSR count). The molecule has 0 bridgehead atoms. The molecule has 5 nitrogen and oxygen atoms in total. The molecule has 0 amide bonds. The largest absolute Gasteiger partial charge is 0.726 e. The molecule has 11 heavy (non-hydrogen) atoms. The van der Waals surface area contributed by atoms with Gasteiger partial charge in [0.1, 0.15) is 7.05 Å². The summed E-state index contributed by atoms with van der Waals surface area (Å²) in [5.41, 5.74) is 2.04. The SMILES string of the molecule is C[n+]1ccsc1.O=S(=O)([O-])O. The fraction of sp³-hybridized carbons (Fsp3) is 0.250. The van der Waals surface area contributed by atoms with Gasteiger partial charge in [-0.15, -0.1) is 0 Å². The third kappa shape index (κ3) is 12.6. The zero-order valence-electron chi connectivity index (χ0n) is 5.67. The Bertz CT molecular complexity index is 269. The molecule has 7 heteroatoms.